The van der Waals surface area contributed by atoms with E-state index < -0.39 is 0 Å². The predicted molar refractivity (Wildman–Crippen MR) is 100 cm³/mol. The smallest absolute Gasteiger partial charge is 0.280 e. The second kappa shape index (κ2) is 5.99. The third-order valence-corrected chi connectivity index (χ3v) is 4.72. The van der Waals surface area contributed by atoms with Crippen LogP contribution >= 0.6 is 11.3 Å². The van der Waals surface area contributed by atoms with E-state index in [9.17, 15) is 10.1 Å². The zero-order valence-electron chi connectivity index (χ0n) is 13.2. The molecule has 0 unspecified atom stereocenters. The maximum atomic E-state index is 11.5. The van der Waals surface area contributed by atoms with E-state index in [0.29, 0.717) is 16.6 Å². The van der Waals surface area contributed by atoms with Crippen LogP contribution in [0.4, 0.5) is 16.5 Å². The molecule has 0 aliphatic rings. The minimum absolute atomic E-state index is 0.0193. The molecular weight excluding hydrogens is 338 g/mol. The third-order valence-electron chi connectivity index (χ3n) is 3.87. The van der Waals surface area contributed by atoms with Crippen molar-refractivity contribution >= 4 is 49.6 Å². The molecule has 0 radical (unpaired) electrons. The van der Waals surface area contributed by atoms with Crippen molar-refractivity contribution in [3.63, 3.8) is 0 Å². The molecule has 25 heavy (non-hydrogen) atoms. The maximum Gasteiger partial charge on any atom is 0.280 e. The largest absolute Gasteiger partial charge is 0.295 e. The second-order valence-electron chi connectivity index (χ2n) is 5.42. The van der Waals surface area contributed by atoms with Crippen LogP contribution in [0.15, 0.2) is 54.0 Å². The van der Waals surface area contributed by atoms with Crippen LogP contribution < -0.4 is 10.4 Å². The van der Waals surface area contributed by atoms with Crippen LogP contribution in [0.25, 0.3) is 21.8 Å². The molecule has 2 heterocycles. The summed E-state index contributed by atoms with van der Waals surface area (Å²) < 4.78 is 0. The number of nitrogens with one attached hydrogen (secondary N) is 1. The van der Waals surface area contributed by atoms with E-state index >= 15 is 0 Å². The number of pyridine rings is 1. The molecule has 1 N–H and O–H groups in total. The number of nitrogens with zero attached hydrogens (tertiary/aromatic N) is 4. The first kappa shape index (κ1) is 15.3. The molecule has 0 amide bonds. The predicted octanol–water partition coefficient (Wildman–Crippen LogP) is 4.22. The highest BCUT2D eigenvalue weighted by Gasteiger charge is 2.20. The second-order valence-corrected chi connectivity index (χ2v) is 6.29. The van der Waals surface area contributed by atoms with E-state index in [0.717, 1.165) is 16.0 Å². The van der Waals surface area contributed by atoms with Gasteiger partial charge in [0.2, 0.25) is 5.13 Å². The number of nitro groups is 1. The Kier molecular flexibility index (Phi) is 3.66. The quantitative estimate of drug-likeness (QED) is 0.337. The Morgan fingerprint density at radius 3 is 2.72 bits per heavy atom. The molecule has 124 valence electrons. The lowest BCUT2D eigenvalue weighted by Gasteiger charge is -2.21. The van der Waals surface area contributed by atoms with Gasteiger partial charge in [0.25, 0.3) is 5.69 Å². The van der Waals surface area contributed by atoms with Crippen LogP contribution in [-0.2, 0) is 0 Å². The number of hydrogen-bond acceptors (Lipinski definition) is 7. The molecular formula is C17H13N5O2S. The van der Waals surface area contributed by atoms with Gasteiger partial charge >= 0.3 is 0 Å². The van der Waals surface area contributed by atoms with Crippen molar-refractivity contribution in [3.8, 4) is 0 Å². The SMILES string of the molecule is CN(Nc1c2ccccc2nc2cccc([N+](=O)[O-])c12)c1nccs1. The van der Waals surface area contributed by atoms with E-state index in [2.05, 4.69) is 15.4 Å². The number of aromatic nitrogens is 2. The van der Waals surface area contributed by atoms with Crippen LogP contribution in [0.2, 0.25) is 0 Å². The Balaban J connectivity index is 2.01. The van der Waals surface area contributed by atoms with Gasteiger partial charge in [0.1, 0.15) is 5.39 Å². The minimum Gasteiger partial charge on any atom is -0.295 e. The topological polar surface area (TPSA) is 84.2 Å². The minimum atomic E-state index is -0.382. The van der Waals surface area contributed by atoms with E-state index in [1.165, 1.54) is 17.4 Å². The van der Waals surface area contributed by atoms with E-state index in [4.69, 9.17) is 0 Å². The lowest BCUT2D eigenvalue weighted by Crippen LogP contribution is -2.25. The maximum absolute atomic E-state index is 11.5. The van der Waals surface area contributed by atoms with Crippen molar-refractivity contribution in [2.24, 2.45) is 0 Å². The average molecular weight is 351 g/mol. The zero-order valence-corrected chi connectivity index (χ0v) is 14.0. The Labute approximate surface area is 146 Å². The van der Waals surface area contributed by atoms with Crippen LogP contribution in [-0.4, -0.2) is 21.9 Å². The van der Waals surface area contributed by atoms with Gasteiger partial charge in [0.05, 0.1) is 21.6 Å². The van der Waals surface area contributed by atoms with Gasteiger partial charge < -0.3 is 0 Å². The lowest BCUT2D eigenvalue weighted by atomic mass is 10.1. The molecule has 0 spiro atoms. The van der Waals surface area contributed by atoms with Crippen molar-refractivity contribution in [2.45, 2.75) is 0 Å². The van der Waals surface area contributed by atoms with Crippen LogP contribution in [0.3, 0.4) is 0 Å². The summed E-state index contributed by atoms with van der Waals surface area (Å²) in [7, 11) is 1.83. The number of rotatable bonds is 4. The highest BCUT2D eigenvalue weighted by Crippen LogP contribution is 2.37. The number of hydrazine groups is 1. The Hall–Kier alpha value is -3.26. The number of non-ortho nitro benzene ring substituents is 1. The Morgan fingerprint density at radius 1 is 1.16 bits per heavy atom. The summed E-state index contributed by atoms with van der Waals surface area (Å²) in [5, 5.41) is 17.2. The number of benzene rings is 2. The molecule has 0 bridgehead atoms. The summed E-state index contributed by atoms with van der Waals surface area (Å²) >= 11 is 1.47. The monoisotopic (exact) mass is 351 g/mol. The molecule has 0 aliphatic carbocycles. The molecule has 0 atom stereocenters. The number of thiazole rings is 1. The first-order valence-electron chi connectivity index (χ1n) is 7.51. The molecule has 7 nitrogen and oxygen atoms in total. The first-order valence-corrected chi connectivity index (χ1v) is 8.39. The first-order chi connectivity index (χ1) is 12.1. The summed E-state index contributed by atoms with van der Waals surface area (Å²) in [5.41, 5.74) is 5.27. The highest BCUT2D eigenvalue weighted by molar-refractivity contribution is 7.13. The fourth-order valence-corrected chi connectivity index (χ4v) is 3.36. The standard InChI is InChI=1S/C17H13N5O2S/c1-21(17-18-9-10-25-17)20-16-11-5-2-3-6-12(11)19-13-7-4-8-14(15(13)16)22(23)24/h2-10H,1H3,(H,19,20). The molecule has 4 aromatic rings. The van der Waals surface area contributed by atoms with E-state index in [1.807, 2.05) is 36.7 Å². The summed E-state index contributed by atoms with van der Waals surface area (Å²) in [6, 6.07) is 12.5. The number of fused-ring (bicyclic) bond motifs is 2. The normalized spacial score (nSPS) is 10.9. The number of hydrogen-bond donors (Lipinski definition) is 1. The molecule has 8 heteroatoms. The van der Waals surface area contributed by atoms with Gasteiger partial charge in [-0.25, -0.2) is 9.97 Å². The van der Waals surface area contributed by atoms with Crippen molar-refractivity contribution in [1.29, 1.82) is 0 Å². The molecule has 2 aromatic carbocycles. The van der Waals surface area contributed by atoms with Gasteiger partial charge in [-0.3, -0.25) is 20.5 Å². The van der Waals surface area contributed by atoms with Crippen LogP contribution in [0, 0.1) is 10.1 Å². The fourth-order valence-electron chi connectivity index (χ4n) is 2.79. The molecule has 0 fully saturated rings. The Morgan fingerprint density at radius 2 is 1.96 bits per heavy atom. The van der Waals surface area contributed by atoms with Gasteiger partial charge in [0.15, 0.2) is 0 Å². The summed E-state index contributed by atoms with van der Waals surface area (Å²) in [4.78, 5) is 20.0. The van der Waals surface area contributed by atoms with Gasteiger partial charge in [-0.15, -0.1) is 11.3 Å². The zero-order chi connectivity index (χ0) is 17.4. The van der Waals surface area contributed by atoms with Gasteiger partial charge in [0, 0.05) is 30.1 Å². The number of nitro benzene ring substituents is 1. The summed E-state index contributed by atoms with van der Waals surface area (Å²) in [6.07, 6.45) is 1.71. The van der Waals surface area contributed by atoms with Crippen LogP contribution in [0.1, 0.15) is 0 Å². The highest BCUT2D eigenvalue weighted by atomic mass is 32.1. The van der Waals surface area contributed by atoms with Crippen LogP contribution in [0.5, 0.6) is 0 Å². The molecule has 4 rings (SSSR count). The lowest BCUT2D eigenvalue weighted by molar-refractivity contribution is -0.383. The van der Waals surface area contributed by atoms with Crippen molar-refractivity contribution in [3.05, 3.63) is 64.2 Å². The average Bonchev–Trinajstić information content (AvgIpc) is 3.15. The molecule has 0 saturated heterocycles. The molecule has 0 saturated carbocycles. The summed E-state index contributed by atoms with van der Waals surface area (Å²) in [6.45, 7) is 0. The third kappa shape index (κ3) is 2.62. The Bertz CT molecular complexity index is 1080. The van der Waals surface area contributed by atoms with E-state index in [1.54, 1.807) is 23.3 Å². The van der Waals surface area contributed by atoms with Crippen molar-refractivity contribution in [2.75, 3.05) is 17.5 Å². The van der Waals surface area contributed by atoms with Crippen molar-refractivity contribution < 1.29 is 4.92 Å². The number of anilines is 2. The fraction of sp³-hybridized carbons (Fsp3) is 0.0588. The number of para-hydroxylation sites is 1. The molecule has 2 aromatic heterocycles. The summed E-state index contributed by atoms with van der Waals surface area (Å²) in [5.74, 6) is 0. The van der Waals surface area contributed by atoms with Crippen molar-refractivity contribution in [1.82, 2.24) is 9.97 Å². The van der Waals surface area contributed by atoms with E-state index in [-0.39, 0.29) is 10.6 Å². The van der Waals surface area contributed by atoms with Gasteiger partial charge in [-0.2, -0.15) is 0 Å². The van der Waals surface area contributed by atoms with Gasteiger partial charge in [-0.1, -0.05) is 24.3 Å². The van der Waals surface area contributed by atoms with Gasteiger partial charge in [-0.05, 0) is 12.1 Å². The molecule has 0 aliphatic heterocycles.